The second-order valence-corrected chi connectivity index (χ2v) is 6.91. The van der Waals surface area contributed by atoms with Crippen molar-refractivity contribution in [3.8, 4) is 0 Å². The van der Waals surface area contributed by atoms with Gasteiger partial charge in [-0.1, -0.05) is 42.1 Å². The van der Waals surface area contributed by atoms with E-state index in [1.165, 1.54) is 25.7 Å². The van der Waals surface area contributed by atoms with Crippen molar-refractivity contribution in [2.45, 2.75) is 45.6 Å². The summed E-state index contributed by atoms with van der Waals surface area (Å²) in [6.45, 7) is 4.47. The van der Waals surface area contributed by atoms with Crippen molar-refractivity contribution in [2.75, 3.05) is 5.32 Å². The molecule has 17 heavy (non-hydrogen) atoms. The second-order valence-electron chi connectivity index (χ2n) is 4.29. The Bertz CT molecular complexity index is 343. The van der Waals surface area contributed by atoms with Gasteiger partial charge in [0.2, 0.25) is 0 Å². The van der Waals surface area contributed by atoms with Gasteiger partial charge in [-0.2, -0.15) is 0 Å². The molecule has 0 spiro atoms. The smallest absolute Gasteiger partial charge is 0.0631 e. The summed E-state index contributed by atoms with van der Waals surface area (Å²) in [5.41, 5.74) is 1.14. The van der Waals surface area contributed by atoms with Crippen molar-refractivity contribution >= 4 is 53.5 Å². The highest BCUT2D eigenvalue weighted by Crippen LogP contribution is 2.35. The molecule has 96 valence electrons. The van der Waals surface area contributed by atoms with E-state index in [0.29, 0.717) is 6.04 Å². The summed E-state index contributed by atoms with van der Waals surface area (Å²) in [5.74, 6) is 0. The molecule has 0 saturated heterocycles. The Hall–Kier alpha value is 0.460. The zero-order valence-electron chi connectivity index (χ0n) is 10.2. The van der Waals surface area contributed by atoms with Gasteiger partial charge in [0.05, 0.1) is 5.69 Å². The molecule has 0 fully saturated rings. The van der Waals surface area contributed by atoms with Crippen LogP contribution in [0, 0.1) is 0 Å². The molecular formula is C13H18Br3N. The van der Waals surface area contributed by atoms with Crippen LogP contribution in [0.3, 0.4) is 0 Å². The molecule has 4 heteroatoms. The van der Waals surface area contributed by atoms with E-state index < -0.39 is 0 Å². The van der Waals surface area contributed by atoms with Gasteiger partial charge in [-0.15, -0.1) is 0 Å². The van der Waals surface area contributed by atoms with Crippen molar-refractivity contribution in [3.63, 3.8) is 0 Å². The summed E-state index contributed by atoms with van der Waals surface area (Å²) in [6.07, 6.45) is 5.09. The highest BCUT2D eigenvalue weighted by molar-refractivity contribution is 9.11. The molecule has 0 aromatic heterocycles. The van der Waals surface area contributed by atoms with Gasteiger partial charge in [0.15, 0.2) is 0 Å². The molecule has 1 atom stereocenters. The van der Waals surface area contributed by atoms with Crippen molar-refractivity contribution in [3.05, 3.63) is 25.6 Å². The normalized spacial score (nSPS) is 12.5. The Morgan fingerprint density at radius 3 is 2.24 bits per heavy atom. The van der Waals surface area contributed by atoms with Gasteiger partial charge in [-0.05, 0) is 57.3 Å². The summed E-state index contributed by atoms with van der Waals surface area (Å²) in [5, 5.41) is 3.55. The molecule has 0 aliphatic heterocycles. The van der Waals surface area contributed by atoms with Crippen LogP contribution in [-0.2, 0) is 0 Å². The van der Waals surface area contributed by atoms with Gasteiger partial charge in [0.1, 0.15) is 0 Å². The largest absolute Gasteiger partial charge is 0.381 e. The van der Waals surface area contributed by atoms with E-state index in [2.05, 4.69) is 79.1 Å². The first-order chi connectivity index (χ1) is 8.04. The molecule has 1 N–H and O–H groups in total. The number of hydrogen-bond acceptors (Lipinski definition) is 1. The average molecular weight is 428 g/mol. The van der Waals surface area contributed by atoms with E-state index >= 15 is 0 Å². The van der Waals surface area contributed by atoms with Crippen LogP contribution in [0.5, 0.6) is 0 Å². The lowest BCUT2D eigenvalue weighted by atomic mass is 10.1. The lowest BCUT2D eigenvalue weighted by Crippen LogP contribution is -2.15. The Labute approximate surface area is 129 Å². The maximum atomic E-state index is 3.59. The first-order valence-corrected chi connectivity index (χ1v) is 8.33. The Kier molecular flexibility index (Phi) is 7.12. The zero-order valence-corrected chi connectivity index (χ0v) is 15.0. The number of anilines is 1. The SMILES string of the molecule is CCCCCC(C)Nc1c(Br)cc(Br)cc1Br. The molecule has 1 aromatic rings. The fourth-order valence-corrected chi connectivity index (χ4v) is 4.19. The maximum Gasteiger partial charge on any atom is 0.0631 e. The van der Waals surface area contributed by atoms with Crippen molar-refractivity contribution in [1.82, 2.24) is 0 Å². The van der Waals surface area contributed by atoms with Crippen LogP contribution in [0.4, 0.5) is 5.69 Å². The molecular weight excluding hydrogens is 410 g/mol. The molecule has 0 radical (unpaired) electrons. The number of rotatable bonds is 6. The molecule has 0 heterocycles. The fourth-order valence-electron chi connectivity index (χ4n) is 1.70. The summed E-state index contributed by atoms with van der Waals surface area (Å²) < 4.78 is 3.24. The second kappa shape index (κ2) is 7.80. The van der Waals surface area contributed by atoms with Crippen LogP contribution in [0.1, 0.15) is 39.5 Å². The molecule has 1 nitrogen and oxygen atoms in total. The average Bonchev–Trinajstić information content (AvgIpc) is 2.24. The van der Waals surface area contributed by atoms with Crippen LogP contribution >= 0.6 is 47.8 Å². The van der Waals surface area contributed by atoms with Gasteiger partial charge < -0.3 is 5.32 Å². The maximum absolute atomic E-state index is 3.59. The molecule has 0 bridgehead atoms. The monoisotopic (exact) mass is 425 g/mol. The van der Waals surface area contributed by atoms with E-state index in [1.807, 2.05) is 0 Å². The van der Waals surface area contributed by atoms with Crippen LogP contribution < -0.4 is 5.32 Å². The number of halogens is 3. The van der Waals surface area contributed by atoms with E-state index in [-0.39, 0.29) is 0 Å². The quantitative estimate of drug-likeness (QED) is 0.521. The standard InChI is InChI=1S/C13H18Br3N/c1-3-4-5-6-9(2)17-13-11(15)7-10(14)8-12(13)16/h7-9,17H,3-6H2,1-2H3. The summed E-state index contributed by atoms with van der Waals surface area (Å²) in [7, 11) is 0. The van der Waals surface area contributed by atoms with Gasteiger partial charge in [0.25, 0.3) is 0 Å². The minimum Gasteiger partial charge on any atom is -0.381 e. The number of nitrogens with one attached hydrogen (secondary N) is 1. The zero-order chi connectivity index (χ0) is 12.8. The molecule has 0 saturated carbocycles. The fraction of sp³-hybridized carbons (Fsp3) is 0.538. The van der Waals surface area contributed by atoms with Gasteiger partial charge in [-0.3, -0.25) is 0 Å². The summed E-state index contributed by atoms with van der Waals surface area (Å²) >= 11 is 10.6. The molecule has 0 aliphatic rings. The minimum absolute atomic E-state index is 0.496. The third-order valence-corrected chi connectivity index (χ3v) is 4.35. The molecule has 1 rings (SSSR count). The van der Waals surface area contributed by atoms with Gasteiger partial charge in [-0.25, -0.2) is 0 Å². The predicted molar refractivity (Wildman–Crippen MR) is 86.8 cm³/mol. The van der Waals surface area contributed by atoms with Gasteiger partial charge >= 0.3 is 0 Å². The van der Waals surface area contributed by atoms with E-state index in [9.17, 15) is 0 Å². The number of benzene rings is 1. The highest BCUT2D eigenvalue weighted by Gasteiger charge is 2.09. The molecule has 1 unspecified atom stereocenters. The third kappa shape index (κ3) is 5.31. The lowest BCUT2D eigenvalue weighted by molar-refractivity contribution is 0.615. The first kappa shape index (κ1) is 15.5. The first-order valence-electron chi connectivity index (χ1n) is 5.95. The predicted octanol–water partition coefficient (Wildman–Crippen LogP) is 6.35. The summed E-state index contributed by atoms with van der Waals surface area (Å²) in [6, 6.07) is 4.62. The Morgan fingerprint density at radius 1 is 1.12 bits per heavy atom. The van der Waals surface area contributed by atoms with Crippen molar-refractivity contribution in [1.29, 1.82) is 0 Å². The Morgan fingerprint density at radius 2 is 1.71 bits per heavy atom. The highest BCUT2D eigenvalue weighted by atomic mass is 79.9. The number of unbranched alkanes of at least 4 members (excludes halogenated alkanes) is 2. The Balaban J connectivity index is 2.61. The molecule has 0 amide bonds. The minimum atomic E-state index is 0.496. The van der Waals surface area contributed by atoms with Crippen molar-refractivity contribution in [2.24, 2.45) is 0 Å². The van der Waals surface area contributed by atoms with E-state index in [1.54, 1.807) is 0 Å². The van der Waals surface area contributed by atoms with E-state index in [4.69, 9.17) is 0 Å². The van der Waals surface area contributed by atoms with Crippen LogP contribution in [0.2, 0.25) is 0 Å². The van der Waals surface area contributed by atoms with E-state index in [0.717, 1.165) is 19.1 Å². The summed E-state index contributed by atoms with van der Waals surface area (Å²) in [4.78, 5) is 0. The third-order valence-electron chi connectivity index (χ3n) is 2.64. The van der Waals surface area contributed by atoms with Gasteiger partial charge in [0, 0.05) is 19.5 Å². The number of hydrogen-bond donors (Lipinski definition) is 1. The van der Waals surface area contributed by atoms with Crippen LogP contribution in [0.25, 0.3) is 0 Å². The van der Waals surface area contributed by atoms with Crippen LogP contribution in [0.15, 0.2) is 25.6 Å². The van der Waals surface area contributed by atoms with Crippen molar-refractivity contribution < 1.29 is 0 Å². The molecule has 0 aliphatic carbocycles. The topological polar surface area (TPSA) is 12.0 Å². The molecule has 1 aromatic carbocycles. The van der Waals surface area contributed by atoms with Crippen LogP contribution in [-0.4, -0.2) is 6.04 Å². The lowest BCUT2D eigenvalue weighted by Gasteiger charge is -2.18.